The number of rotatable bonds is 1. The molecule has 0 aromatic heterocycles. The van der Waals surface area contributed by atoms with E-state index in [1.807, 2.05) is 6.07 Å². The van der Waals surface area contributed by atoms with E-state index in [0.29, 0.717) is 0 Å². The zero-order chi connectivity index (χ0) is 9.26. The van der Waals surface area contributed by atoms with Crippen LogP contribution in [-0.4, -0.2) is 12.3 Å². The molecule has 0 radical (unpaired) electrons. The number of benzene rings is 1. The van der Waals surface area contributed by atoms with E-state index in [1.165, 1.54) is 6.07 Å². The Morgan fingerprint density at radius 2 is 2.38 bits per heavy atom. The number of halogens is 2. The predicted molar refractivity (Wildman–Crippen MR) is 54.6 cm³/mol. The zero-order valence-electron chi connectivity index (χ0n) is 6.89. The van der Waals surface area contributed by atoms with Crippen LogP contribution in [0.2, 0.25) is 5.02 Å². The van der Waals surface area contributed by atoms with Gasteiger partial charge in [-0.05, 0) is 17.7 Å². The third-order valence-corrected chi connectivity index (χ3v) is 3.48. The molecule has 1 aliphatic rings. The summed E-state index contributed by atoms with van der Waals surface area (Å²) in [5, 5.41) is 3.69. The second kappa shape index (κ2) is 3.86. The Morgan fingerprint density at radius 1 is 1.54 bits per heavy atom. The molecule has 1 heterocycles. The lowest BCUT2D eigenvalue weighted by atomic mass is 10.2. The molecule has 4 heteroatoms. The fraction of sp³-hybridized carbons (Fsp3) is 0.333. The van der Waals surface area contributed by atoms with Crippen LogP contribution in [0.1, 0.15) is 10.9 Å². The Hall–Kier alpha value is -0.250. The molecule has 1 aromatic carbocycles. The second-order valence-electron chi connectivity index (χ2n) is 2.88. The molecule has 1 nitrogen and oxygen atoms in total. The average Bonchev–Trinajstić information content (AvgIpc) is 2.62. The van der Waals surface area contributed by atoms with Crippen molar-refractivity contribution >= 4 is 23.4 Å². The van der Waals surface area contributed by atoms with Crippen LogP contribution in [0.4, 0.5) is 4.39 Å². The summed E-state index contributed by atoms with van der Waals surface area (Å²) in [6.45, 7) is 0.986. The van der Waals surface area contributed by atoms with Gasteiger partial charge in [0.1, 0.15) is 5.82 Å². The molecule has 0 bridgehead atoms. The first-order valence-electron chi connectivity index (χ1n) is 4.07. The minimum Gasteiger partial charge on any atom is -0.301 e. The lowest BCUT2D eigenvalue weighted by Gasteiger charge is -2.09. The fourth-order valence-electron chi connectivity index (χ4n) is 1.32. The van der Waals surface area contributed by atoms with Gasteiger partial charge in [0.15, 0.2) is 0 Å². The quantitative estimate of drug-likeness (QED) is 0.777. The van der Waals surface area contributed by atoms with E-state index in [0.717, 1.165) is 17.9 Å². The zero-order valence-corrected chi connectivity index (χ0v) is 8.46. The summed E-state index contributed by atoms with van der Waals surface area (Å²) in [5.74, 6) is 0.739. The third-order valence-electron chi connectivity index (χ3n) is 1.96. The molecule has 0 aliphatic carbocycles. The van der Waals surface area contributed by atoms with Gasteiger partial charge in [0.25, 0.3) is 0 Å². The van der Waals surface area contributed by atoms with E-state index in [1.54, 1.807) is 17.8 Å². The molecule has 0 amide bonds. The molecule has 2 rings (SSSR count). The molecule has 0 spiro atoms. The summed E-state index contributed by atoms with van der Waals surface area (Å²) < 4.78 is 13.1. The van der Waals surface area contributed by atoms with Crippen molar-refractivity contribution in [3.63, 3.8) is 0 Å². The molecule has 13 heavy (non-hydrogen) atoms. The first-order valence-corrected chi connectivity index (χ1v) is 5.50. The molecule has 1 atom stereocenters. The van der Waals surface area contributed by atoms with Crippen molar-refractivity contribution in [3.05, 3.63) is 34.6 Å². The smallest absolute Gasteiger partial charge is 0.142 e. The molecule has 1 fully saturated rings. The maximum absolute atomic E-state index is 13.1. The first kappa shape index (κ1) is 9.31. The van der Waals surface area contributed by atoms with Crippen LogP contribution in [0.3, 0.4) is 0 Å². The highest BCUT2D eigenvalue weighted by molar-refractivity contribution is 7.99. The van der Waals surface area contributed by atoms with Crippen LogP contribution in [0.5, 0.6) is 0 Å². The summed E-state index contributed by atoms with van der Waals surface area (Å²) in [6.07, 6.45) is 0. The maximum atomic E-state index is 13.1. The van der Waals surface area contributed by atoms with Crippen molar-refractivity contribution in [2.75, 3.05) is 12.3 Å². The van der Waals surface area contributed by atoms with Crippen molar-refractivity contribution < 1.29 is 4.39 Å². The molecule has 1 aromatic rings. The highest BCUT2D eigenvalue weighted by Crippen LogP contribution is 2.31. The van der Waals surface area contributed by atoms with Crippen molar-refractivity contribution in [2.24, 2.45) is 0 Å². The number of hydrogen-bond donors (Lipinski definition) is 1. The number of nitrogens with one attached hydrogen (secondary N) is 1. The molecular formula is C9H9ClFNS. The Balaban J connectivity index is 2.25. The first-order chi connectivity index (χ1) is 6.27. The van der Waals surface area contributed by atoms with Crippen LogP contribution >= 0.6 is 23.4 Å². The normalized spacial score (nSPS) is 22.2. The van der Waals surface area contributed by atoms with E-state index >= 15 is 0 Å². The van der Waals surface area contributed by atoms with Crippen LogP contribution < -0.4 is 5.32 Å². The molecular weight excluding hydrogens is 209 g/mol. The molecule has 70 valence electrons. The summed E-state index contributed by atoms with van der Waals surface area (Å²) in [4.78, 5) is 0. The molecule has 1 unspecified atom stereocenters. The van der Waals surface area contributed by atoms with Crippen LogP contribution in [-0.2, 0) is 0 Å². The summed E-state index contributed by atoms with van der Waals surface area (Å²) in [6, 6.07) is 4.96. The van der Waals surface area contributed by atoms with E-state index in [4.69, 9.17) is 11.6 Å². The van der Waals surface area contributed by atoms with Crippen molar-refractivity contribution in [2.45, 2.75) is 5.37 Å². The van der Waals surface area contributed by atoms with Crippen molar-refractivity contribution in [1.82, 2.24) is 5.32 Å². The van der Waals surface area contributed by atoms with Crippen LogP contribution in [0.25, 0.3) is 0 Å². The van der Waals surface area contributed by atoms with E-state index in [-0.39, 0.29) is 16.2 Å². The molecule has 1 saturated heterocycles. The van der Waals surface area contributed by atoms with Crippen LogP contribution in [0.15, 0.2) is 18.2 Å². The van der Waals surface area contributed by atoms with Gasteiger partial charge in [0.05, 0.1) is 10.4 Å². The standard InChI is InChI=1S/C9H9ClFNS/c10-7-2-1-6(5-8(7)11)9-12-3-4-13-9/h1-2,5,9,12H,3-4H2. The minimum atomic E-state index is -0.339. The summed E-state index contributed by atoms with van der Waals surface area (Å²) >= 11 is 7.37. The lowest BCUT2D eigenvalue weighted by molar-refractivity contribution is 0.623. The molecule has 1 N–H and O–H groups in total. The van der Waals surface area contributed by atoms with Gasteiger partial charge in [0.2, 0.25) is 0 Å². The summed E-state index contributed by atoms with van der Waals surface area (Å²) in [5.41, 5.74) is 0.962. The second-order valence-corrected chi connectivity index (χ2v) is 4.50. The summed E-state index contributed by atoms with van der Waals surface area (Å²) in [7, 11) is 0. The van der Waals surface area contributed by atoms with Gasteiger partial charge < -0.3 is 5.32 Å². The Bertz CT molecular complexity index is 312. The number of thioether (sulfide) groups is 1. The van der Waals surface area contributed by atoms with Crippen molar-refractivity contribution in [3.8, 4) is 0 Å². The monoisotopic (exact) mass is 217 g/mol. The fourth-order valence-corrected chi connectivity index (χ4v) is 2.48. The van der Waals surface area contributed by atoms with Gasteiger partial charge in [-0.25, -0.2) is 4.39 Å². The van der Waals surface area contributed by atoms with Crippen molar-refractivity contribution in [1.29, 1.82) is 0 Å². The average molecular weight is 218 g/mol. The van der Waals surface area contributed by atoms with Crippen LogP contribution in [0, 0.1) is 5.82 Å². The SMILES string of the molecule is Fc1cc(C2NCCS2)ccc1Cl. The highest BCUT2D eigenvalue weighted by Gasteiger charge is 2.17. The van der Waals surface area contributed by atoms with E-state index in [2.05, 4.69) is 5.32 Å². The van der Waals surface area contributed by atoms with Gasteiger partial charge in [-0.1, -0.05) is 17.7 Å². The topological polar surface area (TPSA) is 12.0 Å². The van der Waals surface area contributed by atoms with Gasteiger partial charge in [-0.2, -0.15) is 0 Å². The Labute approximate surface area is 85.7 Å². The largest absolute Gasteiger partial charge is 0.301 e. The third kappa shape index (κ3) is 1.98. The van der Waals surface area contributed by atoms with E-state index in [9.17, 15) is 4.39 Å². The van der Waals surface area contributed by atoms with Gasteiger partial charge in [-0.15, -0.1) is 11.8 Å². The van der Waals surface area contributed by atoms with Gasteiger partial charge in [-0.3, -0.25) is 0 Å². The maximum Gasteiger partial charge on any atom is 0.142 e. The van der Waals surface area contributed by atoms with Gasteiger partial charge >= 0.3 is 0 Å². The number of hydrogen-bond acceptors (Lipinski definition) is 2. The Kier molecular flexibility index (Phi) is 2.77. The van der Waals surface area contributed by atoms with E-state index < -0.39 is 0 Å². The highest BCUT2D eigenvalue weighted by atomic mass is 35.5. The van der Waals surface area contributed by atoms with Gasteiger partial charge in [0, 0.05) is 12.3 Å². The lowest BCUT2D eigenvalue weighted by Crippen LogP contribution is -2.12. The minimum absolute atomic E-state index is 0.187. The molecule has 0 saturated carbocycles. The Morgan fingerprint density at radius 3 is 3.00 bits per heavy atom. The molecule has 1 aliphatic heterocycles. The predicted octanol–water partition coefficient (Wildman–Crippen LogP) is 2.81.